The van der Waals surface area contributed by atoms with Gasteiger partial charge in [0.05, 0.1) is 11.3 Å². The molecule has 1 heterocycles. The van der Waals surface area contributed by atoms with Gasteiger partial charge in [-0.1, -0.05) is 41.9 Å². The number of pyridine rings is 1. The lowest BCUT2D eigenvalue weighted by atomic mass is 10.0. The molecule has 146 valence electrons. The molecule has 0 spiro atoms. The van der Waals surface area contributed by atoms with E-state index in [9.17, 15) is 14.4 Å². The Hall–Kier alpha value is -3.03. The Kier molecular flexibility index (Phi) is 6.74. The lowest BCUT2D eigenvalue weighted by Gasteiger charge is -2.11. The highest BCUT2D eigenvalue weighted by molar-refractivity contribution is 9.10. The molecule has 3 aromatic rings. The van der Waals surface area contributed by atoms with Crippen LogP contribution >= 0.6 is 27.5 Å². The summed E-state index contributed by atoms with van der Waals surface area (Å²) in [4.78, 5) is 40.9. The second-order valence-corrected chi connectivity index (χ2v) is 7.25. The number of ketones is 1. The van der Waals surface area contributed by atoms with Gasteiger partial charge in [0.25, 0.3) is 5.91 Å². The van der Waals surface area contributed by atoms with Crippen molar-refractivity contribution in [2.45, 2.75) is 0 Å². The molecule has 8 heteroatoms. The number of hydrogen-bond donors (Lipinski definition) is 1. The zero-order chi connectivity index (χ0) is 20.8. The molecule has 6 nitrogen and oxygen atoms in total. The number of rotatable bonds is 6. The summed E-state index contributed by atoms with van der Waals surface area (Å²) in [6.07, 6.45) is 2.86. The lowest BCUT2D eigenvalue weighted by molar-refractivity contribution is -0.119. The monoisotopic (exact) mass is 472 g/mol. The Morgan fingerprint density at radius 2 is 1.76 bits per heavy atom. The topological polar surface area (TPSA) is 85.4 Å². The van der Waals surface area contributed by atoms with Crippen LogP contribution in [0.4, 0.5) is 5.69 Å². The number of anilines is 1. The molecule has 0 saturated carbocycles. The molecule has 3 rings (SSSR count). The van der Waals surface area contributed by atoms with E-state index in [1.165, 1.54) is 30.6 Å². The first-order chi connectivity index (χ1) is 13.9. The fourth-order valence-corrected chi connectivity index (χ4v) is 3.02. The Morgan fingerprint density at radius 3 is 2.48 bits per heavy atom. The van der Waals surface area contributed by atoms with Gasteiger partial charge in [0.1, 0.15) is 0 Å². The quantitative estimate of drug-likeness (QED) is 0.420. The number of esters is 1. The number of hydrogen-bond acceptors (Lipinski definition) is 5. The third-order valence-electron chi connectivity index (χ3n) is 3.81. The number of ether oxygens (including phenoxy) is 1. The maximum absolute atomic E-state index is 12.8. The van der Waals surface area contributed by atoms with Gasteiger partial charge in [0.15, 0.2) is 12.4 Å². The van der Waals surface area contributed by atoms with Crippen molar-refractivity contribution in [2.24, 2.45) is 0 Å². The minimum Gasteiger partial charge on any atom is -0.452 e. The van der Waals surface area contributed by atoms with E-state index in [0.29, 0.717) is 15.1 Å². The fourth-order valence-electron chi connectivity index (χ4n) is 2.48. The summed E-state index contributed by atoms with van der Waals surface area (Å²) in [6.45, 7) is -0.521. The van der Waals surface area contributed by atoms with Gasteiger partial charge >= 0.3 is 5.97 Å². The zero-order valence-corrected chi connectivity index (χ0v) is 17.2. The number of nitrogens with one attached hydrogen (secondary N) is 1. The highest BCUT2D eigenvalue weighted by Crippen LogP contribution is 2.24. The highest BCUT2D eigenvalue weighted by atomic mass is 79.9. The molecule has 29 heavy (non-hydrogen) atoms. The van der Waals surface area contributed by atoms with E-state index in [-0.39, 0.29) is 22.6 Å². The second-order valence-electron chi connectivity index (χ2n) is 5.90. The maximum atomic E-state index is 12.8. The van der Waals surface area contributed by atoms with Crippen molar-refractivity contribution in [3.63, 3.8) is 0 Å². The van der Waals surface area contributed by atoms with Crippen LogP contribution in [0.25, 0.3) is 0 Å². The molecule has 0 radical (unpaired) electrons. The van der Waals surface area contributed by atoms with Gasteiger partial charge in [-0.2, -0.15) is 0 Å². The normalized spacial score (nSPS) is 10.3. The molecule has 0 aliphatic carbocycles. The fraction of sp³-hybridized carbons (Fsp3) is 0.0476. The van der Waals surface area contributed by atoms with Crippen molar-refractivity contribution < 1.29 is 19.1 Å². The van der Waals surface area contributed by atoms with Crippen LogP contribution < -0.4 is 5.32 Å². The van der Waals surface area contributed by atoms with E-state index < -0.39 is 18.5 Å². The average molecular weight is 474 g/mol. The van der Waals surface area contributed by atoms with Gasteiger partial charge in [-0.15, -0.1) is 0 Å². The molecule has 0 bridgehead atoms. The van der Waals surface area contributed by atoms with Crippen LogP contribution in [-0.4, -0.2) is 29.3 Å². The number of aromatic nitrogens is 1. The summed E-state index contributed by atoms with van der Waals surface area (Å²) in [7, 11) is 0. The van der Waals surface area contributed by atoms with E-state index in [4.69, 9.17) is 16.3 Å². The maximum Gasteiger partial charge on any atom is 0.340 e. The molecule has 0 aliphatic rings. The van der Waals surface area contributed by atoms with E-state index in [0.717, 1.165) is 0 Å². The van der Waals surface area contributed by atoms with Crippen molar-refractivity contribution in [1.29, 1.82) is 0 Å². The first-order valence-electron chi connectivity index (χ1n) is 8.41. The van der Waals surface area contributed by atoms with Gasteiger partial charge in [-0.25, -0.2) is 4.79 Å². The summed E-state index contributed by atoms with van der Waals surface area (Å²) in [6, 6.07) is 14.7. The number of carbonyl (C=O) groups is 3. The zero-order valence-electron chi connectivity index (χ0n) is 14.9. The minimum absolute atomic E-state index is 0.207. The van der Waals surface area contributed by atoms with Gasteiger partial charge in [-0.3, -0.25) is 14.6 Å². The smallest absolute Gasteiger partial charge is 0.340 e. The van der Waals surface area contributed by atoms with Crippen LogP contribution in [0, 0.1) is 0 Å². The van der Waals surface area contributed by atoms with Crippen molar-refractivity contribution in [3.8, 4) is 0 Å². The largest absolute Gasteiger partial charge is 0.452 e. The molecule has 0 unspecified atom stereocenters. The lowest BCUT2D eigenvalue weighted by Crippen LogP contribution is -2.22. The Bertz CT molecular complexity index is 1070. The second kappa shape index (κ2) is 9.45. The average Bonchev–Trinajstić information content (AvgIpc) is 2.73. The van der Waals surface area contributed by atoms with E-state index in [1.807, 2.05) is 0 Å². The van der Waals surface area contributed by atoms with Crippen LogP contribution in [0.1, 0.15) is 26.3 Å². The molecule has 1 amide bonds. The Balaban J connectivity index is 1.70. The molecule has 0 aliphatic heterocycles. The van der Waals surface area contributed by atoms with Crippen LogP contribution in [0.2, 0.25) is 5.02 Å². The number of halogens is 2. The van der Waals surface area contributed by atoms with Crippen molar-refractivity contribution in [3.05, 3.63) is 93.2 Å². The number of nitrogens with zero attached hydrogens (tertiary/aromatic N) is 1. The summed E-state index contributed by atoms with van der Waals surface area (Å²) in [5.41, 5.74) is 1.17. The third kappa shape index (κ3) is 5.49. The molecular formula is C21H14BrClN2O4. The first-order valence-corrected chi connectivity index (χ1v) is 9.58. The van der Waals surface area contributed by atoms with E-state index in [2.05, 4.69) is 26.2 Å². The van der Waals surface area contributed by atoms with Crippen molar-refractivity contribution in [1.82, 2.24) is 4.98 Å². The highest BCUT2D eigenvalue weighted by Gasteiger charge is 2.17. The van der Waals surface area contributed by atoms with Crippen molar-refractivity contribution in [2.75, 3.05) is 11.9 Å². The predicted octanol–water partition coefficient (Wildman–Crippen LogP) is 4.52. The van der Waals surface area contributed by atoms with Gasteiger partial charge in [0.2, 0.25) is 0 Å². The van der Waals surface area contributed by atoms with Crippen LogP contribution in [0.5, 0.6) is 0 Å². The van der Waals surface area contributed by atoms with Gasteiger partial charge in [-0.05, 0) is 40.2 Å². The molecule has 0 atom stereocenters. The molecule has 2 aromatic carbocycles. The summed E-state index contributed by atoms with van der Waals surface area (Å²) >= 11 is 9.23. The van der Waals surface area contributed by atoms with Crippen LogP contribution in [0.3, 0.4) is 0 Å². The number of amides is 1. The predicted molar refractivity (Wildman–Crippen MR) is 112 cm³/mol. The number of carbonyl (C=O) groups excluding carboxylic acids is 3. The molecule has 0 fully saturated rings. The van der Waals surface area contributed by atoms with Crippen LogP contribution in [-0.2, 0) is 9.53 Å². The van der Waals surface area contributed by atoms with Gasteiger partial charge in [0, 0.05) is 33.0 Å². The molecular weight excluding hydrogens is 460 g/mol. The first kappa shape index (κ1) is 20.7. The van der Waals surface area contributed by atoms with Crippen LogP contribution in [0.15, 0.2) is 71.5 Å². The standard InChI is InChI=1S/C21H14BrClN2O4/c22-15-8-14(10-24-11-15)21(28)29-12-19(26)25-18-7-6-16(23)9-17(18)20(27)13-4-2-1-3-5-13/h1-11H,12H2,(H,25,26). The summed E-state index contributed by atoms with van der Waals surface area (Å²) in [5.74, 6) is -1.57. The Labute approximate surface area is 180 Å². The summed E-state index contributed by atoms with van der Waals surface area (Å²) < 4.78 is 5.62. The van der Waals surface area contributed by atoms with E-state index in [1.54, 1.807) is 36.4 Å². The number of benzene rings is 2. The third-order valence-corrected chi connectivity index (χ3v) is 4.48. The minimum atomic E-state index is -0.689. The molecule has 1 aromatic heterocycles. The SMILES string of the molecule is O=C(COC(=O)c1cncc(Br)c1)Nc1ccc(Cl)cc1C(=O)c1ccccc1. The summed E-state index contributed by atoms with van der Waals surface area (Å²) in [5, 5.41) is 2.94. The van der Waals surface area contributed by atoms with Gasteiger partial charge < -0.3 is 10.1 Å². The van der Waals surface area contributed by atoms with E-state index >= 15 is 0 Å². The van der Waals surface area contributed by atoms with Crippen molar-refractivity contribution >= 4 is 50.9 Å². The molecule has 1 N–H and O–H groups in total. The Morgan fingerprint density at radius 1 is 1.00 bits per heavy atom. The molecule has 0 saturated heterocycles.